The van der Waals surface area contributed by atoms with Crippen molar-refractivity contribution in [3.63, 3.8) is 0 Å². The zero-order valence-electron chi connectivity index (χ0n) is 7.21. The number of benzene rings is 1. The van der Waals surface area contributed by atoms with E-state index in [0.29, 0.717) is 13.0 Å². The lowest BCUT2D eigenvalue weighted by Gasteiger charge is -2.06. The van der Waals surface area contributed by atoms with Crippen molar-refractivity contribution < 1.29 is 4.74 Å². The van der Waals surface area contributed by atoms with Gasteiger partial charge in [0.25, 0.3) is 0 Å². The van der Waals surface area contributed by atoms with Gasteiger partial charge in [0.2, 0.25) is 0 Å². The molecular weight excluding hydrogens is 150 g/mol. The lowest BCUT2D eigenvalue weighted by Crippen LogP contribution is -1.96. The van der Waals surface area contributed by atoms with Crippen LogP contribution in [0.5, 0.6) is 5.75 Å². The average Bonchev–Trinajstić information content (AvgIpc) is 2.07. The first kappa shape index (κ1) is 8.91. The molecule has 0 aliphatic carbocycles. The van der Waals surface area contributed by atoms with Gasteiger partial charge >= 0.3 is 0 Å². The van der Waals surface area contributed by atoms with Gasteiger partial charge in [0, 0.05) is 11.8 Å². The van der Waals surface area contributed by atoms with Crippen LogP contribution in [0.15, 0.2) is 18.2 Å². The Balaban J connectivity index is 2.69. The molecule has 2 radical (unpaired) electrons. The second kappa shape index (κ2) is 4.00. The fourth-order valence-corrected chi connectivity index (χ4v) is 0.885. The van der Waals surface area contributed by atoms with Crippen LogP contribution in [-0.4, -0.2) is 6.61 Å². The van der Waals surface area contributed by atoms with Crippen LogP contribution in [0.1, 0.15) is 12.0 Å². The third-order valence-electron chi connectivity index (χ3n) is 1.64. The highest BCUT2D eigenvalue weighted by Gasteiger charge is 1.96. The van der Waals surface area contributed by atoms with Crippen LogP contribution in [-0.2, 0) is 0 Å². The van der Waals surface area contributed by atoms with Crippen molar-refractivity contribution in [2.24, 2.45) is 0 Å². The number of aryl methyl sites for hydroxylation is 1. The van der Waals surface area contributed by atoms with Gasteiger partial charge < -0.3 is 10.5 Å². The van der Waals surface area contributed by atoms with E-state index < -0.39 is 0 Å². The van der Waals surface area contributed by atoms with E-state index in [9.17, 15) is 0 Å². The van der Waals surface area contributed by atoms with Crippen LogP contribution in [0.4, 0.5) is 5.69 Å². The predicted molar refractivity (Wildman–Crippen MR) is 50.0 cm³/mol. The number of nitrogens with two attached hydrogens (primary N) is 1. The summed E-state index contributed by atoms with van der Waals surface area (Å²) in [5, 5.41) is 0. The van der Waals surface area contributed by atoms with Gasteiger partial charge in [-0.3, -0.25) is 0 Å². The largest absolute Gasteiger partial charge is 0.494 e. The molecule has 0 spiro atoms. The molecule has 1 aromatic carbocycles. The minimum absolute atomic E-state index is 0.522. The summed E-state index contributed by atoms with van der Waals surface area (Å²) < 4.78 is 5.29. The molecule has 1 aromatic rings. The molecule has 2 heteroatoms. The molecule has 0 bridgehead atoms. The Labute approximate surface area is 73.3 Å². The minimum atomic E-state index is 0.522. The third-order valence-corrected chi connectivity index (χ3v) is 1.64. The third kappa shape index (κ3) is 2.16. The summed E-state index contributed by atoms with van der Waals surface area (Å²) in [6.45, 7) is 7.78. The van der Waals surface area contributed by atoms with Crippen molar-refractivity contribution in [1.29, 1.82) is 0 Å². The quantitative estimate of drug-likeness (QED) is 0.692. The Kier molecular flexibility index (Phi) is 2.97. The summed E-state index contributed by atoms with van der Waals surface area (Å²) in [4.78, 5) is 0. The number of nitrogen functional groups attached to an aromatic ring is 1. The van der Waals surface area contributed by atoms with E-state index in [1.807, 2.05) is 25.1 Å². The number of ether oxygens (including phenoxy) is 1. The molecule has 0 atom stereocenters. The first-order valence-corrected chi connectivity index (χ1v) is 3.93. The zero-order chi connectivity index (χ0) is 8.97. The van der Waals surface area contributed by atoms with Crippen molar-refractivity contribution in [2.45, 2.75) is 13.3 Å². The van der Waals surface area contributed by atoms with Gasteiger partial charge in [-0.1, -0.05) is 6.07 Å². The number of hydrogen-bond donors (Lipinski definition) is 1. The topological polar surface area (TPSA) is 35.2 Å². The van der Waals surface area contributed by atoms with Gasteiger partial charge in [-0.05, 0) is 31.9 Å². The highest BCUT2D eigenvalue weighted by Crippen LogP contribution is 2.18. The Bertz CT molecular complexity index is 258. The molecule has 2 N–H and O–H groups in total. The second-order valence-corrected chi connectivity index (χ2v) is 2.66. The SMILES string of the molecule is [CH]CCOc1ccc(C)c(N)c1. The van der Waals surface area contributed by atoms with Crippen molar-refractivity contribution in [3.8, 4) is 5.75 Å². The maximum absolute atomic E-state index is 5.68. The normalized spacial score (nSPS) is 9.83. The average molecular weight is 163 g/mol. The van der Waals surface area contributed by atoms with Crippen LogP contribution in [0.25, 0.3) is 0 Å². The van der Waals surface area contributed by atoms with Crippen LogP contribution in [0.3, 0.4) is 0 Å². The molecule has 0 aliphatic heterocycles. The Morgan fingerprint density at radius 1 is 1.50 bits per heavy atom. The summed E-state index contributed by atoms with van der Waals surface area (Å²) in [7, 11) is 0. The van der Waals surface area contributed by atoms with Gasteiger partial charge in [0.05, 0.1) is 6.61 Å². The zero-order valence-corrected chi connectivity index (χ0v) is 7.21. The van der Waals surface area contributed by atoms with Crippen LogP contribution >= 0.6 is 0 Å². The van der Waals surface area contributed by atoms with E-state index in [0.717, 1.165) is 17.0 Å². The standard InChI is InChI=1S/C10H13NO/c1-3-6-12-9-5-4-8(2)10(11)7-9/h1,4-5,7H,3,6,11H2,2H3. The summed E-state index contributed by atoms with van der Waals surface area (Å²) >= 11 is 0. The van der Waals surface area contributed by atoms with Gasteiger partial charge in [0.15, 0.2) is 0 Å². The fraction of sp³-hybridized carbons (Fsp3) is 0.300. The molecule has 0 amide bonds. The molecule has 0 fully saturated rings. The predicted octanol–water partition coefficient (Wildman–Crippen LogP) is 2.06. The van der Waals surface area contributed by atoms with E-state index in [-0.39, 0.29) is 0 Å². The fourth-order valence-electron chi connectivity index (χ4n) is 0.885. The molecule has 0 unspecified atom stereocenters. The first-order chi connectivity index (χ1) is 5.74. The summed E-state index contributed by atoms with van der Waals surface area (Å²) in [6.07, 6.45) is 0.522. The number of hydrogen-bond acceptors (Lipinski definition) is 2. The van der Waals surface area contributed by atoms with Gasteiger partial charge in [-0.15, -0.1) is 0 Å². The van der Waals surface area contributed by atoms with E-state index in [1.54, 1.807) is 0 Å². The molecule has 64 valence electrons. The molecule has 2 nitrogen and oxygen atoms in total. The molecule has 12 heavy (non-hydrogen) atoms. The monoisotopic (exact) mass is 163 g/mol. The molecule has 0 saturated heterocycles. The lowest BCUT2D eigenvalue weighted by molar-refractivity contribution is 0.324. The summed E-state index contributed by atoms with van der Waals surface area (Å²) in [5.74, 6) is 0.781. The van der Waals surface area contributed by atoms with Crippen molar-refractivity contribution >= 4 is 5.69 Å². The highest BCUT2D eigenvalue weighted by atomic mass is 16.5. The lowest BCUT2D eigenvalue weighted by atomic mass is 10.2. The Morgan fingerprint density at radius 3 is 2.83 bits per heavy atom. The summed E-state index contributed by atoms with van der Waals surface area (Å²) in [5.41, 5.74) is 7.50. The summed E-state index contributed by atoms with van der Waals surface area (Å²) in [6, 6.07) is 5.63. The maximum Gasteiger partial charge on any atom is 0.121 e. The van der Waals surface area contributed by atoms with Crippen LogP contribution < -0.4 is 10.5 Å². The van der Waals surface area contributed by atoms with E-state index >= 15 is 0 Å². The highest BCUT2D eigenvalue weighted by molar-refractivity contribution is 5.50. The van der Waals surface area contributed by atoms with Gasteiger partial charge in [0.1, 0.15) is 5.75 Å². The van der Waals surface area contributed by atoms with Crippen LogP contribution in [0, 0.1) is 13.8 Å². The van der Waals surface area contributed by atoms with Crippen molar-refractivity contribution in [3.05, 3.63) is 30.7 Å². The number of anilines is 1. The molecule has 0 saturated carbocycles. The van der Waals surface area contributed by atoms with Gasteiger partial charge in [-0.2, -0.15) is 0 Å². The van der Waals surface area contributed by atoms with Crippen molar-refractivity contribution in [1.82, 2.24) is 0 Å². The van der Waals surface area contributed by atoms with E-state index in [4.69, 9.17) is 17.4 Å². The molecule has 0 aliphatic rings. The smallest absolute Gasteiger partial charge is 0.121 e. The van der Waals surface area contributed by atoms with E-state index in [2.05, 4.69) is 0 Å². The van der Waals surface area contributed by atoms with Gasteiger partial charge in [-0.25, -0.2) is 0 Å². The van der Waals surface area contributed by atoms with Crippen LogP contribution in [0.2, 0.25) is 0 Å². The molecular formula is C10H13NO. The number of rotatable bonds is 3. The second-order valence-electron chi connectivity index (χ2n) is 2.66. The minimum Gasteiger partial charge on any atom is -0.494 e. The van der Waals surface area contributed by atoms with Crippen molar-refractivity contribution in [2.75, 3.05) is 12.3 Å². The Morgan fingerprint density at radius 2 is 2.25 bits per heavy atom. The molecule has 0 heterocycles. The maximum atomic E-state index is 5.68. The first-order valence-electron chi connectivity index (χ1n) is 3.93. The molecule has 0 aromatic heterocycles. The Hall–Kier alpha value is -1.18. The molecule has 1 rings (SSSR count). The van der Waals surface area contributed by atoms with E-state index in [1.165, 1.54) is 0 Å².